The van der Waals surface area contributed by atoms with Crippen molar-refractivity contribution in [1.82, 2.24) is 0 Å². The van der Waals surface area contributed by atoms with Gasteiger partial charge in [-0.05, 0) is 45.5 Å². The Kier molecular flexibility index (Phi) is 12.9. The summed E-state index contributed by atoms with van der Waals surface area (Å²) >= 11 is 0. The minimum atomic E-state index is -5.62. The number of nitrogens with zero attached hydrogens (tertiary/aromatic N) is 1. The van der Waals surface area contributed by atoms with Crippen LogP contribution in [0.15, 0.2) is 211 Å². The number of ether oxygens (including phenoxy) is 2. The summed E-state index contributed by atoms with van der Waals surface area (Å²) in [5.41, 5.74) is -3.69. The van der Waals surface area contributed by atoms with Crippen LogP contribution in [0, 0.1) is 10.1 Å². The van der Waals surface area contributed by atoms with Gasteiger partial charge in [-0.2, -0.15) is 17.2 Å². The summed E-state index contributed by atoms with van der Waals surface area (Å²) in [6, 6.07) is 50.6. The Morgan fingerprint density at radius 1 is 0.547 bits per heavy atom. The molecule has 0 saturated carbocycles. The van der Waals surface area contributed by atoms with Gasteiger partial charge in [-0.1, -0.05) is 182 Å². The van der Waals surface area contributed by atoms with Crippen molar-refractivity contribution in [3.05, 3.63) is 250 Å². The SMILES string of the molecule is O=C(OS(=O)(=O)c1ccc([N+](=O)[O-])cc1)C(F)(F)[C@@](O)(OC(c1ccccc1)(c1ccccc1)c1ccccc1)[C@H](O)C(O)OC(c1ccccc1)(c1ccccc1)c1ccccc1. The van der Waals surface area contributed by atoms with Gasteiger partial charge in [0.2, 0.25) is 0 Å². The Bertz CT molecular complexity index is 2580. The Balaban J connectivity index is 1.44. The molecule has 0 bridgehead atoms. The van der Waals surface area contributed by atoms with E-state index in [1.165, 1.54) is 36.4 Å². The summed E-state index contributed by atoms with van der Waals surface area (Å²) in [7, 11) is -5.52. The van der Waals surface area contributed by atoms with Crippen LogP contribution in [0.1, 0.15) is 33.4 Å². The van der Waals surface area contributed by atoms with Gasteiger partial charge < -0.3 is 29.0 Å². The lowest BCUT2D eigenvalue weighted by Gasteiger charge is -2.47. The maximum absolute atomic E-state index is 17.6. The van der Waals surface area contributed by atoms with Gasteiger partial charge in [-0.25, -0.2) is 4.79 Å². The number of non-ortho nitro benzene ring substituents is 1. The number of aliphatic hydroxyl groups excluding tert-OH is 2. The Hall–Kier alpha value is -6.98. The third-order valence-electron chi connectivity index (χ3n) is 10.6. The van der Waals surface area contributed by atoms with E-state index >= 15 is 8.78 Å². The van der Waals surface area contributed by atoms with E-state index < -0.39 is 66.9 Å². The first kappa shape index (κ1) is 45.1. The minimum absolute atomic E-state index is 0.0725. The van der Waals surface area contributed by atoms with Crippen LogP contribution < -0.4 is 0 Å². The van der Waals surface area contributed by atoms with Gasteiger partial charge in [0.1, 0.15) is 16.1 Å². The van der Waals surface area contributed by atoms with E-state index in [9.17, 15) is 38.6 Å². The molecular formula is C49H39F2NO11S. The second-order valence-corrected chi connectivity index (χ2v) is 16.0. The molecule has 64 heavy (non-hydrogen) atoms. The lowest BCUT2D eigenvalue weighted by atomic mass is 9.79. The average molecular weight is 888 g/mol. The van der Waals surface area contributed by atoms with Gasteiger partial charge in [-0.15, -0.1) is 0 Å². The number of benzene rings is 7. The van der Waals surface area contributed by atoms with Crippen LogP contribution in [-0.4, -0.2) is 58.7 Å². The molecule has 1 unspecified atom stereocenters. The maximum Gasteiger partial charge on any atom is 0.399 e. The molecule has 7 rings (SSSR count). The van der Waals surface area contributed by atoms with Crippen molar-refractivity contribution in [3.63, 3.8) is 0 Å². The number of hydrogen-bond acceptors (Lipinski definition) is 11. The van der Waals surface area contributed by atoms with Crippen LogP contribution >= 0.6 is 0 Å². The van der Waals surface area contributed by atoms with Gasteiger partial charge >= 0.3 is 22.0 Å². The van der Waals surface area contributed by atoms with E-state index in [1.54, 1.807) is 146 Å². The van der Waals surface area contributed by atoms with Crippen molar-refractivity contribution in [1.29, 1.82) is 0 Å². The van der Waals surface area contributed by atoms with E-state index in [-0.39, 0.29) is 16.7 Å². The topological polar surface area (TPSA) is 183 Å². The summed E-state index contributed by atoms with van der Waals surface area (Å²) < 4.78 is 79.2. The fraction of sp³-hybridized carbons (Fsp3) is 0.122. The first-order chi connectivity index (χ1) is 30.7. The van der Waals surface area contributed by atoms with Crippen LogP contribution in [0.3, 0.4) is 0 Å². The number of nitro groups is 1. The number of halogens is 2. The standard InChI is InChI=1S/C49H39F2NO11S/c50-48(51,45(55)62-64(59,60)42-33-31-41(32-34-42)52(57)58)49(56,63-47(38-25-13-4-14-26-38,39-27-15-5-16-28-39)40-29-17-6-18-30-40)43(53)44(54)61-46(35-19-7-1-8-20-35,36-21-9-2-10-22-36)37-23-11-3-12-24-37/h1-34,43-44,53-54,56H/t43-,44?,49+/m1/s1. The van der Waals surface area contributed by atoms with Crippen molar-refractivity contribution >= 4 is 21.8 Å². The zero-order valence-electron chi connectivity index (χ0n) is 33.5. The minimum Gasteiger partial charge on any atom is -0.382 e. The number of hydrogen-bond donors (Lipinski definition) is 3. The lowest BCUT2D eigenvalue weighted by Crippen LogP contribution is -2.68. The molecule has 0 radical (unpaired) electrons. The van der Waals surface area contributed by atoms with Crippen molar-refractivity contribution in [2.45, 2.75) is 40.2 Å². The molecule has 0 saturated heterocycles. The molecular weight excluding hydrogens is 849 g/mol. The first-order valence-electron chi connectivity index (χ1n) is 19.6. The van der Waals surface area contributed by atoms with Gasteiger partial charge in [-0.3, -0.25) is 10.1 Å². The molecule has 3 N–H and O–H groups in total. The molecule has 0 aromatic heterocycles. The summed E-state index contributed by atoms with van der Waals surface area (Å²) in [6.07, 6.45) is -6.27. The molecule has 0 heterocycles. The highest BCUT2D eigenvalue weighted by molar-refractivity contribution is 7.87. The summed E-state index contributed by atoms with van der Waals surface area (Å²) in [4.78, 5) is 23.4. The van der Waals surface area contributed by atoms with Crippen LogP contribution in [0.5, 0.6) is 0 Å². The van der Waals surface area contributed by atoms with Gasteiger partial charge in [0.25, 0.3) is 11.5 Å². The van der Waals surface area contributed by atoms with Crippen molar-refractivity contribution < 1.29 is 55.9 Å². The summed E-state index contributed by atoms with van der Waals surface area (Å²) in [6.45, 7) is 0. The van der Waals surface area contributed by atoms with Gasteiger partial charge in [0, 0.05) is 12.1 Å². The quantitative estimate of drug-likeness (QED) is 0.0266. The van der Waals surface area contributed by atoms with Gasteiger partial charge in [0.15, 0.2) is 12.4 Å². The van der Waals surface area contributed by atoms with Crippen LogP contribution in [0.4, 0.5) is 14.5 Å². The third kappa shape index (κ3) is 8.43. The Morgan fingerprint density at radius 2 is 0.859 bits per heavy atom. The smallest absolute Gasteiger partial charge is 0.382 e. The zero-order chi connectivity index (χ0) is 45.6. The second kappa shape index (κ2) is 18.4. The molecule has 0 amide bonds. The number of nitro benzene ring substituents is 1. The fourth-order valence-electron chi connectivity index (χ4n) is 7.48. The predicted molar refractivity (Wildman–Crippen MR) is 229 cm³/mol. The summed E-state index contributed by atoms with van der Waals surface area (Å²) in [5.74, 6) is -13.3. The molecule has 0 aliphatic heterocycles. The van der Waals surface area contributed by atoms with E-state index in [2.05, 4.69) is 4.18 Å². The highest BCUT2D eigenvalue weighted by atomic mass is 32.2. The highest BCUT2D eigenvalue weighted by Crippen LogP contribution is 2.50. The molecule has 15 heteroatoms. The van der Waals surface area contributed by atoms with Crippen molar-refractivity contribution in [2.75, 3.05) is 0 Å². The van der Waals surface area contributed by atoms with Crippen LogP contribution in [0.2, 0.25) is 0 Å². The predicted octanol–water partition coefficient (Wildman–Crippen LogP) is 7.85. The first-order valence-corrected chi connectivity index (χ1v) is 21.0. The number of aliphatic hydroxyl groups is 3. The molecule has 7 aromatic carbocycles. The molecule has 0 aliphatic carbocycles. The van der Waals surface area contributed by atoms with Crippen molar-refractivity contribution in [3.8, 4) is 0 Å². The largest absolute Gasteiger partial charge is 0.399 e. The number of carbonyl (C=O) groups is 1. The third-order valence-corrected chi connectivity index (χ3v) is 11.8. The van der Waals surface area contributed by atoms with Crippen molar-refractivity contribution in [2.24, 2.45) is 0 Å². The Morgan fingerprint density at radius 3 is 1.17 bits per heavy atom. The number of rotatable bonds is 17. The molecule has 7 aromatic rings. The molecule has 3 atom stereocenters. The molecule has 0 fully saturated rings. The number of carbonyl (C=O) groups excluding carboxylic acids is 1. The zero-order valence-corrected chi connectivity index (χ0v) is 34.3. The molecule has 326 valence electrons. The second-order valence-electron chi connectivity index (χ2n) is 14.5. The lowest BCUT2D eigenvalue weighted by molar-refractivity contribution is -0.394. The average Bonchev–Trinajstić information content (AvgIpc) is 3.33. The van der Waals surface area contributed by atoms with E-state index in [1.807, 2.05) is 0 Å². The maximum atomic E-state index is 17.6. The van der Waals surface area contributed by atoms with E-state index in [0.717, 1.165) is 12.1 Å². The van der Waals surface area contributed by atoms with E-state index in [4.69, 9.17) is 9.47 Å². The highest BCUT2D eigenvalue weighted by Gasteiger charge is 2.70. The fourth-order valence-corrected chi connectivity index (χ4v) is 8.35. The van der Waals surface area contributed by atoms with Crippen LogP contribution in [-0.2, 0) is 39.8 Å². The molecule has 0 aliphatic rings. The molecule has 0 spiro atoms. The molecule has 12 nitrogen and oxygen atoms in total. The normalized spacial score (nSPS) is 14.1. The summed E-state index contributed by atoms with van der Waals surface area (Å²) in [5, 5.41) is 48.6. The van der Waals surface area contributed by atoms with Crippen LogP contribution in [0.25, 0.3) is 0 Å². The van der Waals surface area contributed by atoms with E-state index in [0.29, 0.717) is 28.8 Å². The number of alkyl halides is 2. The van der Waals surface area contributed by atoms with Gasteiger partial charge in [0.05, 0.1) is 4.92 Å². The Labute approximate surface area is 366 Å². The monoisotopic (exact) mass is 887 g/mol.